The number of rotatable bonds is 2. The first kappa shape index (κ1) is 14.2. The van der Waals surface area contributed by atoms with Crippen molar-refractivity contribution in [2.24, 2.45) is 0 Å². The summed E-state index contributed by atoms with van der Waals surface area (Å²) in [5.74, 6) is -0.0886. The Labute approximate surface area is 138 Å². The third-order valence-corrected chi connectivity index (χ3v) is 4.08. The quantitative estimate of drug-likeness (QED) is 0.550. The van der Waals surface area contributed by atoms with Gasteiger partial charge in [-0.25, -0.2) is 0 Å². The number of carbonyl (C=O) groups is 2. The van der Waals surface area contributed by atoms with E-state index in [9.17, 15) is 14.7 Å². The summed E-state index contributed by atoms with van der Waals surface area (Å²) in [4.78, 5) is 25.2. The molecule has 3 aromatic carbocycles. The maximum absolute atomic E-state index is 12.7. The smallest absolute Gasteiger partial charge is 0.194 e. The number of carbonyl (C=O) groups excluding carboxylic acids is 2. The molecule has 4 rings (SSSR count). The summed E-state index contributed by atoms with van der Waals surface area (Å²) in [5.41, 5.74) is 3.21. The summed E-state index contributed by atoms with van der Waals surface area (Å²) < 4.78 is 0. The Morgan fingerprint density at radius 3 is 1.83 bits per heavy atom. The zero-order valence-electron chi connectivity index (χ0n) is 12.6. The average Bonchev–Trinajstić information content (AvgIpc) is 2.62. The first-order valence-electron chi connectivity index (χ1n) is 7.52. The molecule has 0 saturated heterocycles. The molecule has 4 nitrogen and oxygen atoms in total. The lowest BCUT2D eigenvalue weighted by atomic mass is 9.84. The molecule has 0 unspecified atom stereocenters. The molecule has 4 heteroatoms. The van der Waals surface area contributed by atoms with Gasteiger partial charge in [0.05, 0.1) is 0 Å². The van der Waals surface area contributed by atoms with Crippen molar-refractivity contribution < 1.29 is 14.7 Å². The summed E-state index contributed by atoms with van der Waals surface area (Å²) in [6, 6.07) is 18.6. The van der Waals surface area contributed by atoms with E-state index in [1.807, 2.05) is 0 Å². The maximum atomic E-state index is 12.7. The fraction of sp³-hybridized carbons (Fsp3) is 0. The molecule has 0 saturated carbocycles. The number of hydrogen-bond donors (Lipinski definition) is 2. The van der Waals surface area contributed by atoms with Gasteiger partial charge in [-0.05, 0) is 42.5 Å². The second kappa shape index (κ2) is 5.35. The van der Waals surface area contributed by atoms with E-state index in [4.69, 9.17) is 0 Å². The van der Waals surface area contributed by atoms with Crippen molar-refractivity contribution in [3.63, 3.8) is 0 Å². The molecule has 3 aromatic rings. The Hall–Kier alpha value is -3.40. The van der Waals surface area contributed by atoms with E-state index < -0.39 is 0 Å². The normalized spacial score (nSPS) is 12.5. The van der Waals surface area contributed by atoms with Crippen LogP contribution >= 0.6 is 0 Å². The van der Waals surface area contributed by atoms with E-state index >= 15 is 0 Å². The predicted octanol–water partition coefficient (Wildman–Crippen LogP) is 3.91. The van der Waals surface area contributed by atoms with Crippen LogP contribution in [0.2, 0.25) is 0 Å². The summed E-state index contributed by atoms with van der Waals surface area (Å²) in [5, 5.41) is 12.5. The molecule has 1 aliphatic rings. The Morgan fingerprint density at radius 2 is 1.17 bits per heavy atom. The lowest BCUT2D eigenvalue weighted by Crippen LogP contribution is -2.20. The van der Waals surface area contributed by atoms with Gasteiger partial charge < -0.3 is 10.4 Å². The molecule has 0 spiro atoms. The second-order valence-corrected chi connectivity index (χ2v) is 5.64. The first-order valence-corrected chi connectivity index (χ1v) is 7.52. The molecule has 1 aliphatic carbocycles. The lowest BCUT2D eigenvalue weighted by molar-refractivity contribution is 0.0979. The Balaban J connectivity index is 1.74. The van der Waals surface area contributed by atoms with E-state index in [0.717, 1.165) is 5.69 Å². The molecule has 0 fully saturated rings. The molecule has 0 heterocycles. The zero-order valence-corrected chi connectivity index (χ0v) is 12.6. The Morgan fingerprint density at radius 1 is 0.625 bits per heavy atom. The summed E-state index contributed by atoms with van der Waals surface area (Å²) in [6.45, 7) is 0. The lowest BCUT2D eigenvalue weighted by Gasteiger charge is -2.18. The second-order valence-electron chi connectivity index (χ2n) is 5.64. The van der Waals surface area contributed by atoms with Gasteiger partial charge in [0, 0.05) is 33.6 Å². The Kier molecular flexibility index (Phi) is 3.17. The average molecular weight is 315 g/mol. The van der Waals surface area contributed by atoms with Crippen LogP contribution in [-0.2, 0) is 0 Å². The number of phenolic OH excluding ortho intramolecular Hbond substituents is 1. The third kappa shape index (κ3) is 2.25. The van der Waals surface area contributed by atoms with Crippen molar-refractivity contribution in [2.45, 2.75) is 0 Å². The highest BCUT2D eigenvalue weighted by Gasteiger charge is 2.29. The van der Waals surface area contributed by atoms with Crippen LogP contribution in [-0.4, -0.2) is 16.7 Å². The van der Waals surface area contributed by atoms with Crippen LogP contribution in [0.15, 0.2) is 66.7 Å². The molecule has 0 amide bonds. The highest BCUT2D eigenvalue weighted by Crippen LogP contribution is 2.30. The number of phenols is 1. The number of benzene rings is 3. The van der Waals surface area contributed by atoms with Crippen molar-refractivity contribution in [1.29, 1.82) is 0 Å². The number of hydrogen-bond acceptors (Lipinski definition) is 4. The van der Waals surface area contributed by atoms with Gasteiger partial charge in [-0.3, -0.25) is 9.59 Å². The monoisotopic (exact) mass is 315 g/mol. The first-order chi connectivity index (χ1) is 11.6. The largest absolute Gasteiger partial charge is 0.508 e. The number of nitrogens with one attached hydrogen (secondary N) is 1. The van der Waals surface area contributed by atoms with Crippen molar-refractivity contribution in [1.82, 2.24) is 0 Å². The molecule has 2 N–H and O–H groups in total. The summed E-state index contributed by atoms with van der Waals surface area (Å²) >= 11 is 0. The van der Waals surface area contributed by atoms with Crippen molar-refractivity contribution in [2.75, 3.05) is 5.32 Å². The fourth-order valence-electron chi connectivity index (χ4n) is 2.89. The van der Waals surface area contributed by atoms with Crippen molar-refractivity contribution in [3.05, 3.63) is 89.0 Å². The van der Waals surface area contributed by atoms with Gasteiger partial charge in [-0.15, -0.1) is 0 Å². The molecule has 0 atom stereocenters. The van der Waals surface area contributed by atoms with Gasteiger partial charge in [0.2, 0.25) is 0 Å². The molecule has 0 aliphatic heterocycles. The van der Waals surface area contributed by atoms with Crippen LogP contribution < -0.4 is 5.32 Å². The topological polar surface area (TPSA) is 66.4 Å². The van der Waals surface area contributed by atoms with E-state index in [1.165, 1.54) is 0 Å². The van der Waals surface area contributed by atoms with Gasteiger partial charge >= 0.3 is 0 Å². The molecular weight excluding hydrogens is 302 g/mol. The zero-order chi connectivity index (χ0) is 16.7. The highest BCUT2D eigenvalue weighted by atomic mass is 16.3. The minimum atomic E-state index is -0.144. The van der Waals surface area contributed by atoms with Crippen LogP contribution in [0, 0.1) is 0 Å². The van der Waals surface area contributed by atoms with Crippen LogP contribution in [0.25, 0.3) is 0 Å². The SMILES string of the molecule is O=C1c2ccccc2C(=O)c2cc(Nc3ccc(O)cc3)ccc21. The van der Waals surface area contributed by atoms with Crippen LogP contribution in [0.5, 0.6) is 5.75 Å². The highest BCUT2D eigenvalue weighted by molar-refractivity contribution is 6.28. The number of fused-ring (bicyclic) bond motifs is 2. The standard InChI is InChI=1S/C20H13NO3/c22-14-8-5-12(6-9-14)21-13-7-10-17-18(11-13)20(24)16-4-2-1-3-15(16)19(17)23/h1-11,21-22H. The van der Waals surface area contributed by atoms with E-state index in [1.54, 1.807) is 66.7 Å². The minimum absolute atomic E-state index is 0.128. The van der Waals surface area contributed by atoms with Gasteiger partial charge in [0.15, 0.2) is 11.6 Å². The number of aromatic hydroxyl groups is 1. The van der Waals surface area contributed by atoms with Gasteiger partial charge in [-0.2, -0.15) is 0 Å². The number of ketones is 2. The molecular formula is C20H13NO3. The van der Waals surface area contributed by atoms with E-state index in [2.05, 4.69) is 5.32 Å². The van der Waals surface area contributed by atoms with E-state index in [0.29, 0.717) is 27.9 Å². The summed E-state index contributed by atoms with van der Waals surface area (Å²) in [7, 11) is 0. The molecule has 0 aromatic heterocycles. The van der Waals surface area contributed by atoms with Crippen LogP contribution in [0.1, 0.15) is 31.8 Å². The van der Waals surface area contributed by atoms with Gasteiger partial charge in [-0.1, -0.05) is 24.3 Å². The fourth-order valence-corrected chi connectivity index (χ4v) is 2.89. The van der Waals surface area contributed by atoms with Gasteiger partial charge in [0.1, 0.15) is 5.75 Å². The molecule has 0 radical (unpaired) electrons. The van der Waals surface area contributed by atoms with E-state index in [-0.39, 0.29) is 17.3 Å². The maximum Gasteiger partial charge on any atom is 0.194 e. The number of anilines is 2. The molecule has 116 valence electrons. The van der Waals surface area contributed by atoms with Gasteiger partial charge in [0.25, 0.3) is 0 Å². The minimum Gasteiger partial charge on any atom is -0.508 e. The van der Waals surface area contributed by atoms with Crippen LogP contribution in [0.4, 0.5) is 11.4 Å². The van der Waals surface area contributed by atoms with Crippen LogP contribution in [0.3, 0.4) is 0 Å². The van der Waals surface area contributed by atoms with Crippen molar-refractivity contribution in [3.8, 4) is 5.75 Å². The molecule has 0 bridgehead atoms. The molecule has 24 heavy (non-hydrogen) atoms. The third-order valence-electron chi connectivity index (χ3n) is 4.08. The summed E-state index contributed by atoms with van der Waals surface area (Å²) in [6.07, 6.45) is 0. The predicted molar refractivity (Wildman–Crippen MR) is 91.1 cm³/mol. The van der Waals surface area contributed by atoms with Crippen molar-refractivity contribution >= 4 is 22.9 Å². The Bertz CT molecular complexity index is 974.